The Morgan fingerprint density at radius 3 is 2.58 bits per heavy atom. The lowest BCUT2D eigenvalue weighted by atomic mass is 10.1. The summed E-state index contributed by atoms with van der Waals surface area (Å²) in [6, 6.07) is 4.83. The maximum absolute atomic E-state index is 11.6. The molecule has 0 aromatic heterocycles. The number of carbonyl (C=O) groups excluding carboxylic acids is 1. The molecule has 0 radical (unpaired) electrons. The monoisotopic (exact) mass is 303 g/mol. The van der Waals surface area contributed by atoms with Gasteiger partial charge in [-0.15, -0.1) is 0 Å². The number of rotatable bonds is 6. The SMILES string of the molecule is CC(NC(=O)CCCC(=O)O)c1ccc(Cl)cc1Cl. The molecule has 1 aromatic carbocycles. The number of aliphatic carboxylic acids is 1. The van der Waals surface area contributed by atoms with Crippen LogP contribution in [0.25, 0.3) is 0 Å². The Morgan fingerprint density at radius 1 is 1.32 bits per heavy atom. The quantitative estimate of drug-likeness (QED) is 0.846. The van der Waals surface area contributed by atoms with Crippen molar-refractivity contribution in [2.24, 2.45) is 0 Å². The summed E-state index contributed by atoms with van der Waals surface area (Å²) in [6.45, 7) is 1.81. The number of hydrogen-bond acceptors (Lipinski definition) is 2. The van der Waals surface area contributed by atoms with Crippen molar-refractivity contribution in [2.45, 2.75) is 32.2 Å². The zero-order valence-corrected chi connectivity index (χ0v) is 12.0. The van der Waals surface area contributed by atoms with Gasteiger partial charge in [0.15, 0.2) is 0 Å². The number of carboxylic acid groups (broad SMARTS) is 1. The van der Waals surface area contributed by atoms with Gasteiger partial charge >= 0.3 is 5.97 Å². The normalized spacial score (nSPS) is 11.9. The van der Waals surface area contributed by atoms with Gasteiger partial charge < -0.3 is 10.4 Å². The summed E-state index contributed by atoms with van der Waals surface area (Å²) in [5.74, 6) is -1.10. The van der Waals surface area contributed by atoms with Gasteiger partial charge in [-0.1, -0.05) is 29.3 Å². The predicted octanol–water partition coefficient (Wildman–Crippen LogP) is 3.43. The molecule has 1 unspecified atom stereocenters. The topological polar surface area (TPSA) is 66.4 Å². The van der Waals surface area contributed by atoms with Gasteiger partial charge in [0.25, 0.3) is 0 Å². The molecule has 0 spiro atoms. The van der Waals surface area contributed by atoms with Crippen molar-refractivity contribution in [3.05, 3.63) is 33.8 Å². The van der Waals surface area contributed by atoms with E-state index in [0.29, 0.717) is 16.5 Å². The van der Waals surface area contributed by atoms with Crippen LogP contribution in [0.15, 0.2) is 18.2 Å². The lowest BCUT2D eigenvalue weighted by Gasteiger charge is -2.15. The fourth-order valence-corrected chi connectivity index (χ4v) is 2.22. The van der Waals surface area contributed by atoms with Crippen molar-refractivity contribution in [3.8, 4) is 0 Å². The highest BCUT2D eigenvalue weighted by molar-refractivity contribution is 6.35. The second-order valence-corrected chi connectivity index (χ2v) is 5.05. The second-order valence-electron chi connectivity index (χ2n) is 4.20. The number of hydrogen-bond donors (Lipinski definition) is 2. The maximum atomic E-state index is 11.6. The fraction of sp³-hybridized carbons (Fsp3) is 0.385. The highest BCUT2D eigenvalue weighted by atomic mass is 35.5. The van der Waals surface area contributed by atoms with Crippen LogP contribution in [0.1, 0.15) is 37.8 Å². The Hall–Kier alpha value is -1.26. The molecule has 0 aliphatic heterocycles. The Bertz CT molecular complexity index is 477. The molecular formula is C13H15Cl2NO3. The van der Waals surface area contributed by atoms with Crippen LogP contribution in [0.4, 0.5) is 0 Å². The van der Waals surface area contributed by atoms with E-state index in [1.165, 1.54) is 0 Å². The van der Waals surface area contributed by atoms with Gasteiger partial charge in [0, 0.05) is 22.9 Å². The minimum Gasteiger partial charge on any atom is -0.481 e. The van der Waals surface area contributed by atoms with Gasteiger partial charge in [0.2, 0.25) is 5.91 Å². The van der Waals surface area contributed by atoms with Crippen LogP contribution in [-0.2, 0) is 9.59 Å². The molecule has 1 rings (SSSR count). The van der Waals surface area contributed by atoms with Crippen molar-refractivity contribution in [1.29, 1.82) is 0 Å². The lowest BCUT2D eigenvalue weighted by Crippen LogP contribution is -2.26. The van der Waals surface area contributed by atoms with Crippen LogP contribution < -0.4 is 5.32 Å². The Balaban J connectivity index is 2.52. The molecule has 0 heterocycles. The summed E-state index contributed by atoms with van der Waals surface area (Å²) in [4.78, 5) is 22.0. The van der Waals surface area contributed by atoms with Crippen LogP contribution in [0, 0.1) is 0 Å². The number of nitrogens with one attached hydrogen (secondary N) is 1. The van der Waals surface area contributed by atoms with Gasteiger partial charge in [-0.05, 0) is 31.0 Å². The Kier molecular flexibility index (Phi) is 6.12. The van der Waals surface area contributed by atoms with Crippen LogP contribution in [0.5, 0.6) is 0 Å². The molecule has 0 fully saturated rings. The van der Waals surface area contributed by atoms with Crippen molar-refractivity contribution in [3.63, 3.8) is 0 Å². The molecule has 1 aromatic rings. The first-order valence-corrected chi connectivity index (χ1v) is 6.62. The smallest absolute Gasteiger partial charge is 0.303 e. The van der Waals surface area contributed by atoms with E-state index in [1.807, 2.05) is 6.92 Å². The van der Waals surface area contributed by atoms with Gasteiger partial charge in [-0.2, -0.15) is 0 Å². The van der Waals surface area contributed by atoms with Gasteiger partial charge in [0.1, 0.15) is 0 Å². The summed E-state index contributed by atoms with van der Waals surface area (Å²) in [5, 5.41) is 12.3. The van der Waals surface area contributed by atoms with E-state index in [1.54, 1.807) is 18.2 Å². The fourth-order valence-electron chi connectivity index (χ4n) is 1.64. The van der Waals surface area contributed by atoms with E-state index in [9.17, 15) is 9.59 Å². The van der Waals surface area contributed by atoms with Crippen molar-refractivity contribution >= 4 is 35.1 Å². The first-order valence-electron chi connectivity index (χ1n) is 5.86. The number of amides is 1. The molecule has 1 amide bonds. The zero-order valence-electron chi connectivity index (χ0n) is 10.5. The third-order valence-electron chi connectivity index (χ3n) is 2.60. The molecule has 2 N–H and O–H groups in total. The molecule has 4 nitrogen and oxygen atoms in total. The molecule has 0 aliphatic carbocycles. The molecule has 0 saturated heterocycles. The average molecular weight is 304 g/mol. The summed E-state index contributed by atoms with van der Waals surface area (Å²) in [6.07, 6.45) is 0.494. The van der Waals surface area contributed by atoms with Crippen LogP contribution in [-0.4, -0.2) is 17.0 Å². The Morgan fingerprint density at radius 2 is 2.00 bits per heavy atom. The first-order chi connectivity index (χ1) is 8.90. The van der Waals surface area contributed by atoms with E-state index in [-0.39, 0.29) is 24.8 Å². The van der Waals surface area contributed by atoms with E-state index in [0.717, 1.165) is 5.56 Å². The number of carboxylic acids is 1. The Labute approximate surface area is 121 Å². The molecule has 19 heavy (non-hydrogen) atoms. The summed E-state index contributed by atoms with van der Waals surface area (Å²) >= 11 is 11.8. The van der Waals surface area contributed by atoms with E-state index < -0.39 is 5.97 Å². The van der Waals surface area contributed by atoms with Crippen LogP contribution >= 0.6 is 23.2 Å². The highest BCUT2D eigenvalue weighted by Gasteiger charge is 2.13. The zero-order chi connectivity index (χ0) is 14.4. The summed E-state index contributed by atoms with van der Waals surface area (Å²) < 4.78 is 0. The molecule has 0 aliphatic rings. The first kappa shape index (κ1) is 15.8. The highest BCUT2D eigenvalue weighted by Crippen LogP contribution is 2.26. The van der Waals surface area contributed by atoms with E-state index >= 15 is 0 Å². The standard InChI is InChI=1S/C13H15Cl2NO3/c1-8(10-6-5-9(14)7-11(10)15)16-12(17)3-2-4-13(18)19/h5-8H,2-4H2,1H3,(H,16,17)(H,18,19). The van der Waals surface area contributed by atoms with Gasteiger partial charge in [0.05, 0.1) is 6.04 Å². The van der Waals surface area contributed by atoms with Crippen molar-refractivity contribution < 1.29 is 14.7 Å². The van der Waals surface area contributed by atoms with Gasteiger partial charge in [-0.3, -0.25) is 9.59 Å². The van der Waals surface area contributed by atoms with Crippen molar-refractivity contribution in [1.82, 2.24) is 5.32 Å². The van der Waals surface area contributed by atoms with E-state index in [4.69, 9.17) is 28.3 Å². The van der Waals surface area contributed by atoms with Crippen LogP contribution in [0.2, 0.25) is 10.0 Å². The van der Waals surface area contributed by atoms with Crippen LogP contribution in [0.3, 0.4) is 0 Å². The molecule has 104 valence electrons. The third kappa shape index (κ3) is 5.49. The largest absolute Gasteiger partial charge is 0.481 e. The van der Waals surface area contributed by atoms with E-state index in [2.05, 4.69) is 5.32 Å². The molecule has 0 bridgehead atoms. The average Bonchev–Trinajstić information content (AvgIpc) is 2.27. The van der Waals surface area contributed by atoms with Gasteiger partial charge in [-0.25, -0.2) is 0 Å². The molecule has 1 atom stereocenters. The number of halogens is 2. The number of carbonyl (C=O) groups is 2. The van der Waals surface area contributed by atoms with Crippen molar-refractivity contribution in [2.75, 3.05) is 0 Å². The summed E-state index contributed by atoms with van der Waals surface area (Å²) in [5.41, 5.74) is 0.776. The second kappa shape index (κ2) is 7.36. The maximum Gasteiger partial charge on any atom is 0.303 e. The predicted molar refractivity (Wildman–Crippen MR) is 74.5 cm³/mol. The number of benzene rings is 1. The minimum atomic E-state index is -0.901. The minimum absolute atomic E-state index is 0.0104. The molecule has 0 saturated carbocycles. The third-order valence-corrected chi connectivity index (χ3v) is 3.16. The lowest BCUT2D eigenvalue weighted by molar-refractivity contribution is -0.137. The summed E-state index contributed by atoms with van der Waals surface area (Å²) in [7, 11) is 0. The molecule has 6 heteroatoms. The molecular weight excluding hydrogens is 289 g/mol.